The minimum Gasteiger partial charge on any atom is -0.491 e. The smallest absolute Gasteiger partial charge is 0.170 e. The van der Waals surface area contributed by atoms with Crippen molar-refractivity contribution in [3.05, 3.63) is 36.5 Å². The van der Waals surface area contributed by atoms with Crippen molar-refractivity contribution in [3.8, 4) is 28.5 Å². The zero-order valence-corrected chi connectivity index (χ0v) is 14.1. The lowest BCUT2D eigenvalue weighted by atomic mass is 10.1. The van der Waals surface area contributed by atoms with Gasteiger partial charge in [-0.05, 0) is 24.3 Å². The minimum absolute atomic E-state index is 0.562. The summed E-state index contributed by atoms with van der Waals surface area (Å²) in [6.45, 7) is 6.27. The molecule has 0 spiro atoms. The highest BCUT2D eigenvalue weighted by Gasteiger charge is 2.17. The Morgan fingerprint density at radius 1 is 1.00 bits per heavy atom. The third-order valence-corrected chi connectivity index (χ3v) is 4.36. The monoisotopic (exact) mass is 342 g/mol. The lowest BCUT2D eigenvalue weighted by Crippen LogP contribution is -2.38. The Balaban J connectivity index is 1.39. The van der Waals surface area contributed by atoms with E-state index in [1.807, 2.05) is 30.3 Å². The van der Waals surface area contributed by atoms with Crippen LogP contribution in [-0.4, -0.2) is 62.6 Å². The second-order valence-electron chi connectivity index (χ2n) is 6.01. The SMILES string of the molecule is c1cc2c(c(-c3ccc(OCCN4CCOCC4)cn3)c1)OCCO2. The van der Waals surface area contributed by atoms with Gasteiger partial charge in [0.2, 0.25) is 0 Å². The summed E-state index contributed by atoms with van der Waals surface area (Å²) in [6, 6.07) is 9.77. The molecule has 132 valence electrons. The lowest BCUT2D eigenvalue weighted by Gasteiger charge is -2.26. The van der Waals surface area contributed by atoms with Gasteiger partial charge in [-0.15, -0.1) is 0 Å². The van der Waals surface area contributed by atoms with Crippen LogP contribution in [0.25, 0.3) is 11.3 Å². The number of pyridine rings is 1. The number of fused-ring (bicyclic) bond motifs is 1. The average molecular weight is 342 g/mol. The van der Waals surface area contributed by atoms with Crippen molar-refractivity contribution in [2.45, 2.75) is 0 Å². The van der Waals surface area contributed by atoms with Crippen molar-refractivity contribution >= 4 is 0 Å². The molecule has 0 radical (unpaired) electrons. The summed E-state index contributed by atoms with van der Waals surface area (Å²) in [5.41, 5.74) is 1.79. The van der Waals surface area contributed by atoms with E-state index in [9.17, 15) is 0 Å². The molecule has 0 saturated carbocycles. The van der Waals surface area contributed by atoms with E-state index in [2.05, 4.69) is 9.88 Å². The molecule has 1 fully saturated rings. The highest BCUT2D eigenvalue weighted by atomic mass is 16.6. The van der Waals surface area contributed by atoms with Gasteiger partial charge in [-0.3, -0.25) is 9.88 Å². The predicted molar refractivity (Wildman–Crippen MR) is 93.4 cm³/mol. The minimum atomic E-state index is 0.562. The third-order valence-electron chi connectivity index (χ3n) is 4.36. The molecule has 6 nitrogen and oxygen atoms in total. The molecule has 1 saturated heterocycles. The summed E-state index contributed by atoms with van der Waals surface area (Å²) in [4.78, 5) is 6.87. The Morgan fingerprint density at radius 3 is 2.72 bits per heavy atom. The Labute approximate surface area is 147 Å². The maximum Gasteiger partial charge on any atom is 0.170 e. The van der Waals surface area contributed by atoms with E-state index in [0.29, 0.717) is 19.8 Å². The van der Waals surface area contributed by atoms with Crippen molar-refractivity contribution < 1.29 is 18.9 Å². The van der Waals surface area contributed by atoms with Gasteiger partial charge in [0.05, 0.1) is 25.1 Å². The molecule has 4 rings (SSSR count). The van der Waals surface area contributed by atoms with E-state index in [1.165, 1.54) is 0 Å². The normalized spacial score (nSPS) is 17.3. The largest absolute Gasteiger partial charge is 0.491 e. The molecule has 2 aromatic rings. The molecule has 2 aliphatic rings. The van der Waals surface area contributed by atoms with E-state index in [1.54, 1.807) is 6.20 Å². The molecule has 1 aromatic carbocycles. The standard InChI is InChI=1S/C19H22N2O4/c1-2-16(19-18(3-1)24-12-13-25-19)17-5-4-15(14-20-17)23-11-8-21-6-9-22-10-7-21/h1-5,14H,6-13H2. The molecule has 6 heteroatoms. The molecule has 0 unspecified atom stereocenters. The van der Waals surface area contributed by atoms with Gasteiger partial charge in [0.15, 0.2) is 11.5 Å². The first kappa shape index (κ1) is 16.2. The van der Waals surface area contributed by atoms with E-state index in [0.717, 1.165) is 61.4 Å². The van der Waals surface area contributed by atoms with E-state index < -0.39 is 0 Å². The molecular formula is C19H22N2O4. The molecule has 3 heterocycles. The average Bonchev–Trinajstić information content (AvgIpc) is 2.69. The number of nitrogens with zero attached hydrogens (tertiary/aromatic N) is 2. The van der Waals surface area contributed by atoms with Gasteiger partial charge < -0.3 is 18.9 Å². The third kappa shape index (κ3) is 3.86. The van der Waals surface area contributed by atoms with Crippen molar-refractivity contribution in [2.24, 2.45) is 0 Å². The van der Waals surface area contributed by atoms with Crippen molar-refractivity contribution in [1.82, 2.24) is 9.88 Å². The Hall–Kier alpha value is -2.31. The molecule has 0 aliphatic carbocycles. The first-order valence-electron chi connectivity index (χ1n) is 8.68. The zero-order chi connectivity index (χ0) is 16.9. The Morgan fingerprint density at radius 2 is 1.88 bits per heavy atom. The number of benzene rings is 1. The molecule has 0 amide bonds. The maximum atomic E-state index is 5.81. The maximum absolute atomic E-state index is 5.81. The van der Waals surface area contributed by atoms with Crippen LogP contribution in [0.1, 0.15) is 0 Å². The van der Waals surface area contributed by atoms with Crippen molar-refractivity contribution in [1.29, 1.82) is 0 Å². The van der Waals surface area contributed by atoms with Crippen LogP contribution in [0.2, 0.25) is 0 Å². The van der Waals surface area contributed by atoms with Gasteiger partial charge in [0, 0.05) is 25.2 Å². The summed E-state index contributed by atoms with van der Waals surface area (Å²) in [6.07, 6.45) is 1.76. The van der Waals surface area contributed by atoms with Gasteiger partial charge in [0.1, 0.15) is 25.6 Å². The molecule has 2 aliphatic heterocycles. The van der Waals surface area contributed by atoms with Crippen LogP contribution in [-0.2, 0) is 4.74 Å². The molecule has 0 atom stereocenters. The van der Waals surface area contributed by atoms with Crippen LogP contribution in [0.4, 0.5) is 0 Å². The lowest BCUT2D eigenvalue weighted by molar-refractivity contribution is 0.0322. The highest BCUT2D eigenvalue weighted by Crippen LogP contribution is 2.39. The van der Waals surface area contributed by atoms with Gasteiger partial charge >= 0.3 is 0 Å². The van der Waals surface area contributed by atoms with Gasteiger partial charge in [-0.25, -0.2) is 0 Å². The fourth-order valence-corrected chi connectivity index (χ4v) is 3.02. The molecular weight excluding hydrogens is 320 g/mol. The van der Waals surface area contributed by atoms with Crippen LogP contribution >= 0.6 is 0 Å². The second-order valence-corrected chi connectivity index (χ2v) is 6.01. The molecule has 25 heavy (non-hydrogen) atoms. The Bertz CT molecular complexity index is 699. The number of morpholine rings is 1. The van der Waals surface area contributed by atoms with E-state index in [-0.39, 0.29) is 0 Å². The molecule has 0 N–H and O–H groups in total. The predicted octanol–water partition coefficient (Wildman–Crippen LogP) is 2.23. The van der Waals surface area contributed by atoms with Crippen LogP contribution in [0.5, 0.6) is 17.2 Å². The first-order valence-corrected chi connectivity index (χ1v) is 8.68. The summed E-state index contributed by atoms with van der Waals surface area (Å²) in [5, 5.41) is 0. The number of ether oxygens (including phenoxy) is 4. The van der Waals surface area contributed by atoms with Crippen LogP contribution < -0.4 is 14.2 Å². The molecule has 0 bridgehead atoms. The highest BCUT2D eigenvalue weighted by molar-refractivity contribution is 5.71. The van der Waals surface area contributed by atoms with Crippen LogP contribution in [0.3, 0.4) is 0 Å². The number of hydrogen-bond donors (Lipinski definition) is 0. The van der Waals surface area contributed by atoms with Gasteiger partial charge in [0.25, 0.3) is 0 Å². The van der Waals surface area contributed by atoms with E-state index in [4.69, 9.17) is 18.9 Å². The zero-order valence-electron chi connectivity index (χ0n) is 14.1. The van der Waals surface area contributed by atoms with Gasteiger partial charge in [-0.1, -0.05) is 6.07 Å². The van der Waals surface area contributed by atoms with Crippen molar-refractivity contribution in [3.63, 3.8) is 0 Å². The summed E-state index contributed by atoms with van der Waals surface area (Å²) in [5.74, 6) is 2.32. The van der Waals surface area contributed by atoms with Crippen LogP contribution in [0, 0.1) is 0 Å². The second kappa shape index (κ2) is 7.72. The van der Waals surface area contributed by atoms with Gasteiger partial charge in [-0.2, -0.15) is 0 Å². The fourth-order valence-electron chi connectivity index (χ4n) is 3.02. The number of aromatic nitrogens is 1. The summed E-state index contributed by atoms with van der Waals surface area (Å²) >= 11 is 0. The van der Waals surface area contributed by atoms with Crippen LogP contribution in [0.15, 0.2) is 36.5 Å². The Kier molecular flexibility index (Phi) is 4.99. The fraction of sp³-hybridized carbons (Fsp3) is 0.421. The number of para-hydroxylation sites is 1. The summed E-state index contributed by atoms with van der Waals surface area (Å²) < 4.78 is 22.5. The molecule has 1 aromatic heterocycles. The number of hydrogen-bond acceptors (Lipinski definition) is 6. The number of rotatable bonds is 5. The first-order chi connectivity index (χ1) is 12.4. The van der Waals surface area contributed by atoms with Crippen molar-refractivity contribution in [2.75, 3.05) is 52.7 Å². The summed E-state index contributed by atoms with van der Waals surface area (Å²) in [7, 11) is 0. The quantitative estimate of drug-likeness (QED) is 0.831. The topological polar surface area (TPSA) is 53.1 Å². The van der Waals surface area contributed by atoms with E-state index >= 15 is 0 Å².